The Kier molecular flexibility index (Phi) is 7.83. The average molecular weight is 514 g/mol. The number of piperidine rings is 1. The van der Waals surface area contributed by atoms with E-state index in [1.807, 2.05) is 4.90 Å². The number of halogens is 2. The molecule has 11 heteroatoms. The lowest BCUT2D eigenvalue weighted by molar-refractivity contribution is -0.385. The molecule has 2 N–H and O–H groups in total. The molecule has 1 fully saturated rings. The van der Waals surface area contributed by atoms with E-state index in [0.717, 1.165) is 6.07 Å². The number of nitrogens with two attached hydrogens (primary N) is 1. The van der Waals surface area contributed by atoms with Crippen LogP contribution in [0.1, 0.15) is 12.8 Å². The van der Waals surface area contributed by atoms with E-state index in [-0.39, 0.29) is 16.6 Å². The van der Waals surface area contributed by atoms with Crippen LogP contribution in [0.5, 0.6) is 0 Å². The van der Waals surface area contributed by atoms with Gasteiger partial charge in [0.2, 0.25) is 10.0 Å². The molecule has 2 rings (SSSR count). The van der Waals surface area contributed by atoms with Crippen molar-refractivity contribution in [1.82, 2.24) is 4.31 Å². The lowest BCUT2D eigenvalue weighted by Crippen LogP contribution is -2.43. The van der Waals surface area contributed by atoms with Gasteiger partial charge < -0.3 is 10.6 Å². The Bertz CT molecular complexity index is 733. The molecule has 1 aliphatic heterocycles. The van der Waals surface area contributed by atoms with Crippen LogP contribution in [0.4, 0.5) is 11.4 Å². The van der Waals surface area contributed by atoms with Crippen molar-refractivity contribution < 1.29 is 13.3 Å². The highest BCUT2D eigenvalue weighted by Gasteiger charge is 2.32. The second-order valence-corrected chi connectivity index (χ2v) is 9.51. The molecule has 1 aromatic carbocycles. The van der Waals surface area contributed by atoms with E-state index in [0.29, 0.717) is 55.4 Å². The fourth-order valence-electron chi connectivity index (χ4n) is 2.90. The fraction of sp³-hybridized carbons (Fsp3) is 0.600. The molecule has 0 aromatic heterocycles. The maximum Gasteiger partial charge on any atom is 0.270 e. The maximum atomic E-state index is 13.2. The lowest BCUT2D eigenvalue weighted by atomic mass is 10.1. The third-order valence-electron chi connectivity index (χ3n) is 4.32. The first-order chi connectivity index (χ1) is 12.3. The van der Waals surface area contributed by atoms with Gasteiger partial charge in [0.05, 0.1) is 10.6 Å². The van der Waals surface area contributed by atoms with E-state index >= 15 is 0 Å². The molecule has 1 heterocycles. The molecule has 0 saturated carbocycles. The predicted molar refractivity (Wildman–Crippen MR) is 109 cm³/mol. The second kappa shape index (κ2) is 9.45. The number of nitro groups is 1. The zero-order valence-corrected chi connectivity index (χ0v) is 18.2. The number of nitro benzene ring substituents is 1. The highest BCUT2D eigenvalue weighted by atomic mass is 79.9. The van der Waals surface area contributed by atoms with Gasteiger partial charge in [-0.3, -0.25) is 10.1 Å². The minimum atomic E-state index is -3.85. The molecule has 0 aliphatic carbocycles. The van der Waals surface area contributed by atoms with Gasteiger partial charge in [-0.2, -0.15) is 4.31 Å². The van der Waals surface area contributed by atoms with Crippen molar-refractivity contribution in [1.29, 1.82) is 0 Å². The molecule has 0 unspecified atom stereocenters. The highest BCUT2D eigenvalue weighted by molar-refractivity contribution is 9.09. The first-order valence-electron chi connectivity index (χ1n) is 8.22. The van der Waals surface area contributed by atoms with Crippen molar-refractivity contribution in [2.75, 3.05) is 41.7 Å². The van der Waals surface area contributed by atoms with E-state index in [4.69, 9.17) is 5.73 Å². The summed E-state index contributed by atoms with van der Waals surface area (Å²) >= 11 is 6.75. The van der Waals surface area contributed by atoms with Gasteiger partial charge in [0, 0.05) is 55.0 Å². The van der Waals surface area contributed by atoms with Gasteiger partial charge in [-0.15, -0.1) is 0 Å². The number of nitrogens with zero attached hydrogens (tertiary/aromatic N) is 3. The fourth-order valence-corrected chi connectivity index (χ4v) is 5.45. The van der Waals surface area contributed by atoms with Gasteiger partial charge in [0.25, 0.3) is 5.69 Å². The van der Waals surface area contributed by atoms with Crippen molar-refractivity contribution in [3.8, 4) is 0 Å². The largest absolute Gasteiger partial charge is 0.369 e. The summed E-state index contributed by atoms with van der Waals surface area (Å²) in [5.41, 5.74) is 6.11. The Morgan fingerprint density at radius 3 is 2.31 bits per heavy atom. The van der Waals surface area contributed by atoms with Gasteiger partial charge in [-0.25, -0.2) is 8.42 Å². The summed E-state index contributed by atoms with van der Waals surface area (Å²) in [6.07, 6.45) is 1.16. The molecule has 0 radical (unpaired) electrons. The lowest BCUT2D eigenvalue weighted by Gasteiger charge is -2.31. The molecule has 1 aromatic rings. The van der Waals surface area contributed by atoms with Crippen LogP contribution in [-0.2, 0) is 10.0 Å². The molecular weight excluding hydrogens is 492 g/mol. The molecule has 0 amide bonds. The van der Waals surface area contributed by atoms with E-state index in [2.05, 4.69) is 31.9 Å². The molecule has 8 nitrogen and oxygen atoms in total. The Morgan fingerprint density at radius 2 is 1.81 bits per heavy atom. The van der Waals surface area contributed by atoms with Gasteiger partial charge in [-0.1, -0.05) is 31.9 Å². The smallest absolute Gasteiger partial charge is 0.270 e. The minimum absolute atomic E-state index is 0.00989. The molecule has 0 spiro atoms. The van der Waals surface area contributed by atoms with Crippen molar-refractivity contribution in [3.63, 3.8) is 0 Å². The Hall–Kier alpha value is -0.750. The zero-order chi connectivity index (χ0) is 19.3. The van der Waals surface area contributed by atoms with Crippen molar-refractivity contribution in [3.05, 3.63) is 28.3 Å². The molecule has 1 aliphatic rings. The van der Waals surface area contributed by atoms with E-state index in [9.17, 15) is 18.5 Å². The predicted octanol–water partition coefficient (Wildman–Crippen LogP) is 2.30. The Labute approximate surface area is 170 Å². The standard InChI is InChI=1S/C15H22Br2N4O4S/c16-5-9-19(10-6-17)14-2-1-13(21(22)23)11-15(14)26(24,25)20-7-3-12(18)4-8-20/h1-2,11-12H,3-10,18H2. The molecule has 26 heavy (non-hydrogen) atoms. The number of alkyl halides is 2. The maximum absolute atomic E-state index is 13.2. The van der Waals surface area contributed by atoms with Gasteiger partial charge >= 0.3 is 0 Å². The molecule has 146 valence electrons. The molecule has 1 saturated heterocycles. The van der Waals surface area contributed by atoms with Crippen LogP contribution < -0.4 is 10.6 Å². The normalized spacial score (nSPS) is 16.6. The van der Waals surface area contributed by atoms with E-state index < -0.39 is 14.9 Å². The minimum Gasteiger partial charge on any atom is -0.369 e. The van der Waals surface area contributed by atoms with Crippen LogP contribution in [-0.4, -0.2) is 60.5 Å². The number of hydrogen-bond acceptors (Lipinski definition) is 6. The van der Waals surface area contributed by atoms with Gasteiger partial charge in [0.15, 0.2) is 0 Å². The first kappa shape index (κ1) is 21.5. The monoisotopic (exact) mass is 512 g/mol. The summed E-state index contributed by atoms with van der Waals surface area (Å²) in [4.78, 5) is 12.5. The SMILES string of the molecule is NC1CCN(S(=O)(=O)c2cc([N+](=O)[O-])ccc2N(CCBr)CCBr)CC1. The van der Waals surface area contributed by atoms with Crippen LogP contribution in [0, 0.1) is 10.1 Å². The highest BCUT2D eigenvalue weighted by Crippen LogP contribution is 2.33. The quantitative estimate of drug-likeness (QED) is 0.324. The third kappa shape index (κ3) is 4.94. The molecule has 0 atom stereocenters. The number of anilines is 1. The number of hydrogen-bond donors (Lipinski definition) is 1. The summed E-state index contributed by atoms with van der Waals surface area (Å²) in [5, 5.41) is 12.5. The molecule has 0 bridgehead atoms. The van der Waals surface area contributed by atoms with Gasteiger partial charge in [0.1, 0.15) is 4.90 Å². The molecular formula is C15H22Br2N4O4S. The number of non-ortho nitro benzene ring substituents is 1. The summed E-state index contributed by atoms with van der Waals surface area (Å²) in [5.74, 6) is 0. The van der Waals surface area contributed by atoms with Crippen molar-refractivity contribution in [2.45, 2.75) is 23.8 Å². The first-order valence-corrected chi connectivity index (χ1v) is 11.9. The number of rotatable bonds is 8. The summed E-state index contributed by atoms with van der Waals surface area (Å²) < 4.78 is 27.8. The zero-order valence-electron chi connectivity index (χ0n) is 14.2. The van der Waals surface area contributed by atoms with Gasteiger partial charge in [-0.05, 0) is 18.9 Å². The van der Waals surface area contributed by atoms with E-state index in [1.165, 1.54) is 16.4 Å². The van der Waals surface area contributed by atoms with Crippen LogP contribution >= 0.6 is 31.9 Å². The Morgan fingerprint density at radius 1 is 1.23 bits per heavy atom. The Balaban J connectivity index is 2.51. The second-order valence-electron chi connectivity index (χ2n) is 6.02. The van der Waals surface area contributed by atoms with Crippen LogP contribution in [0.3, 0.4) is 0 Å². The summed E-state index contributed by atoms with van der Waals surface area (Å²) in [6.45, 7) is 1.80. The van der Waals surface area contributed by atoms with Crippen LogP contribution in [0.2, 0.25) is 0 Å². The van der Waals surface area contributed by atoms with Crippen LogP contribution in [0.15, 0.2) is 23.1 Å². The van der Waals surface area contributed by atoms with Crippen molar-refractivity contribution in [2.24, 2.45) is 5.73 Å². The average Bonchev–Trinajstić information content (AvgIpc) is 2.61. The topological polar surface area (TPSA) is 110 Å². The van der Waals surface area contributed by atoms with E-state index in [1.54, 1.807) is 0 Å². The summed E-state index contributed by atoms with van der Waals surface area (Å²) in [6, 6.07) is 4.01. The third-order valence-corrected chi connectivity index (χ3v) is 6.96. The van der Waals surface area contributed by atoms with Crippen molar-refractivity contribution >= 4 is 53.3 Å². The number of benzene rings is 1. The van der Waals surface area contributed by atoms with Crippen LogP contribution in [0.25, 0.3) is 0 Å². The number of sulfonamides is 1. The summed E-state index contributed by atoms with van der Waals surface area (Å²) in [7, 11) is -3.85.